The third kappa shape index (κ3) is 4.49. The van der Waals surface area contributed by atoms with Crippen molar-refractivity contribution in [2.45, 2.75) is 19.8 Å². The van der Waals surface area contributed by atoms with Crippen LogP contribution in [-0.2, 0) is 4.79 Å². The van der Waals surface area contributed by atoms with E-state index in [9.17, 15) is 4.79 Å². The summed E-state index contributed by atoms with van der Waals surface area (Å²) in [6, 6.07) is 11.4. The molecule has 0 spiro atoms. The zero-order valence-electron chi connectivity index (χ0n) is 15.7. The molecule has 2 aromatic carbocycles. The molecule has 0 unspecified atom stereocenters. The SMILES string of the molecule is COc1cc(OC)c2nc(NC(=O)COc3ccc(C(C)C)cc3)sc2c1. The van der Waals surface area contributed by atoms with Crippen LogP contribution in [0.25, 0.3) is 10.2 Å². The molecule has 0 saturated heterocycles. The van der Waals surface area contributed by atoms with Gasteiger partial charge >= 0.3 is 0 Å². The van der Waals surface area contributed by atoms with Crippen molar-refractivity contribution in [3.05, 3.63) is 42.0 Å². The van der Waals surface area contributed by atoms with E-state index in [-0.39, 0.29) is 12.5 Å². The Morgan fingerprint density at radius 2 is 1.85 bits per heavy atom. The van der Waals surface area contributed by atoms with Gasteiger partial charge in [-0.15, -0.1) is 0 Å². The van der Waals surface area contributed by atoms with Crippen molar-refractivity contribution >= 4 is 32.6 Å². The van der Waals surface area contributed by atoms with Gasteiger partial charge in [-0.05, 0) is 29.7 Å². The molecule has 0 aliphatic rings. The number of carbonyl (C=O) groups excluding carboxylic acids is 1. The number of carbonyl (C=O) groups is 1. The lowest BCUT2D eigenvalue weighted by Crippen LogP contribution is -2.20. The van der Waals surface area contributed by atoms with E-state index < -0.39 is 0 Å². The summed E-state index contributed by atoms with van der Waals surface area (Å²) in [6.07, 6.45) is 0. The van der Waals surface area contributed by atoms with Gasteiger partial charge in [0, 0.05) is 6.07 Å². The minimum Gasteiger partial charge on any atom is -0.497 e. The Hall–Kier alpha value is -2.80. The number of methoxy groups -OCH3 is 2. The Kier molecular flexibility index (Phi) is 5.81. The highest BCUT2D eigenvalue weighted by Crippen LogP contribution is 2.36. The predicted molar refractivity (Wildman–Crippen MR) is 107 cm³/mol. The second-order valence-electron chi connectivity index (χ2n) is 6.26. The molecule has 3 aromatic rings. The second-order valence-corrected chi connectivity index (χ2v) is 7.29. The van der Waals surface area contributed by atoms with E-state index >= 15 is 0 Å². The molecule has 7 heteroatoms. The molecule has 6 nitrogen and oxygen atoms in total. The van der Waals surface area contributed by atoms with Crippen molar-refractivity contribution < 1.29 is 19.0 Å². The van der Waals surface area contributed by atoms with Gasteiger partial charge in [0.1, 0.15) is 22.8 Å². The summed E-state index contributed by atoms with van der Waals surface area (Å²) in [5.41, 5.74) is 1.91. The minimum absolute atomic E-state index is 0.0859. The summed E-state index contributed by atoms with van der Waals surface area (Å²) in [5, 5.41) is 3.25. The molecule has 3 rings (SSSR count). The largest absolute Gasteiger partial charge is 0.497 e. The van der Waals surface area contributed by atoms with Gasteiger partial charge in [-0.25, -0.2) is 4.98 Å². The number of benzene rings is 2. The van der Waals surface area contributed by atoms with E-state index in [2.05, 4.69) is 24.1 Å². The highest BCUT2D eigenvalue weighted by atomic mass is 32.1. The third-order valence-corrected chi connectivity index (χ3v) is 4.97. The van der Waals surface area contributed by atoms with Crippen molar-refractivity contribution in [1.82, 2.24) is 4.98 Å². The molecular weight excluding hydrogens is 364 g/mol. The number of amides is 1. The Balaban J connectivity index is 1.65. The fourth-order valence-corrected chi connectivity index (χ4v) is 3.48. The summed E-state index contributed by atoms with van der Waals surface area (Å²) in [4.78, 5) is 16.6. The molecule has 27 heavy (non-hydrogen) atoms. The van der Waals surface area contributed by atoms with E-state index in [0.29, 0.717) is 33.8 Å². The zero-order chi connectivity index (χ0) is 19.4. The van der Waals surface area contributed by atoms with E-state index in [0.717, 1.165) is 4.70 Å². The molecule has 0 aliphatic heterocycles. The molecule has 142 valence electrons. The maximum Gasteiger partial charge on any atom is 0.264 e. The first-order valence-corrected chi connectivity index (χ1v) is 9.37. The van der Waals surface area contributed by atoms with E-state index in [1.165, 1.54) is 16.9 Å². The fraction of sp³-hybridized carbons (Fsp3) is 0.300. The lowest BCUT2D eigenvalue weighted by molar-refractivity contribution is -0.118. The summed E-state index contributed by atoms with van der Waals surface area (Å²) in [5.74, 6) is 2.12. The maximum atomic E-state index is 12.2. The molecule has 1 N–H and O–H groups in total. The first kappa shape index (κ1) is 19.0. The first-order valence-electron chi connectivity index (χ1n) is 8.55. The molecule has 1 aromatic heterocycles. The van der Waals surface area contributed by atoms with Gasteiger partial charge in [-0.3, -0.25) is 10.1 Å². The number of hydrogen-bond acceptors (Lipinski definition) is 6. The van der Waals surface area contributed by atoms with Crippen molar-refractivity contribution in [1.29, 1.82) is 0 Å². The Morgan fingerprint density at radius 3 is 2.48 bits per heavy atom. The second kappa shape index (κ2) is 8.26. The van der Waals surface area contributed by atoms with Gasteiger partial charge in [-0.1, -0.05) is 37.3 Å². The average Bonchev–Trinajstić information content (AvgIpc) is 3.07. The zero-order valence-corrected chi connectivity index (χ0v) is 16.6. The molecule has 1 amide bonds. The summed E-state index contributed by atoms with van der Waals surface area (Å²) >= 11 is 1.35. The van der Waals surface area contributed by atoms with Gasteiger partial charge in [0.15, 0.2) is 11.7 Å². The lowest BCUT2D eigenvalue weighted by atomic mass is 10.0. The molecule has 0 bridgehead atoms. The lowest BCUT2D eigenvalue weighted by Gasteiger charge is -2.08. The molecule has 0 fully saturated rings. The van der Waals surface area contributed by atoms with Crippen molar-refractivity contribution in [2.24, 2.45) is 0 Å². The molecule has 0 radical (unpaired) electrons. The van der Waals surface area contributed by atoms with Crippen LogP contribution >= 0.6 is 11.3 Å². The number of aromatic nitrogens is 1. The minimum atomic E-state index is -0.270. The number of ether oxygens (including phenoxy) is 3. The topological polar surface area (TPSA) is 69.7 Å². The van der Waals surface area contributed by atoms with Crippen molar-refractivity contribution in [3.8, 4) is 17.2 Å². The molecular formula is C20H22N2O4S. The normalized spacial score (nSPS) is 10.9. The number of hydrogen-bond donors (Lipinski definition) is 1. The van der Waals surface area contributed by atoms with E-state index in [4.69, 9.17) is 14.2 Å². The van der Waals surface area contributed by atoms with E-state index in [1.54, 1.807) is 20.3 Å². The van der Waals surface area contributed by atoms with Crippen LogP contribution in [0.2, 0.25) is 0 Å². The summed E-state index contributed by atoms with van der Waals surface area (Å²) < 4.78 is 17.0. The van der Waals surface area contributed by atoms with Gasteiger partial charge in [0.05, 0.1) is 18.9 Å². The number of fused-ring (bicyclic) bond motifs is 1. The van der Waals surface area contributed by atoms with Crippen LogP contribution in [0.5, 0.6) is 17.2 Å². The summed E-state index contributed by atoms with van der Waals surface area (Å²) in [7, 11) is 3.17. The monoisotopic (exact) mass is 386 g/mol. The standard InChI is InChI=1S/C20H22N2O4S/c1-12(2)13-5-7-14(8-6-13)26-11-18(23)21-20-22-19-16(25-4)9-15(24-3)10-17(19)27-20/h5-10,12H,11H2,1-4H3,(H,21,22,23). The fourth-order valence-electron chi connectivity index (χ4n) is 2.55. The molecule has 0 aliphatic carbocycles. The van der Waals surface area contributed by atoms with Crippen LogP contribution in [0.15, 0.2) is 36.4 Å². The highest BCUT2D eigenvalue weighted by Gasteiger charge is 2.13. The third-order valence-electron chi connectivity index (χ3n) is 4.05. The van der Waals surface area contributed by atoms with Crippen molar-refractivity contribution in [2.75, 3.05) is 26.1 Å². The van der Waals surface area contributed by atoms with Gasteiger partial charge in [0.2, 0.25) is 0 Å². The maximum absolute atomic E-state index is 12.2. The van der Waals surface area contributed by atoms with Gasteiger partial charge in [-0.2, -0.15) is 0 Å². The van der Waals surface area contributed by atoms with Crippen LogP contribution in [0.1, 0.15) is 25.3 Å². The molecule has 0 saturated carbocycles. The number of thiazole rings is 1. The number of nitrogens with zero attached hydrogens (tertiary/aromatic N) is 1. The molecule has 0 atom stereocenters. The van der Waals surface area contributed by atoms with Crippen LogP contribution in [-0.4, -0.2) is 31.7 Å². The average molecular weight is 386 g/mol. The Labute approximate surface area is 162 Å². The number of nitrogens with one attached hydrogen (secondary N) is 1. The van der Waals surface area contributed by atoms with Crippen molar-refractivity contribution in [3.63, 3.8) is 0 Å². The van der Waals surface area contributed by atoms with Crippen LogP contribution in [0.3, 0.4) is 0 Å². The van der Waals surface area contributed by atoms with Crippen LogP contribution < -0.4 is 19.5 Å². The van der Waals surface area contributed by atoms with Crippen LogP contribution in [0, 0.1) is 0 Å². The van der Waals surface area contributed by atoms with Crippen LogP contribution in [0.4, 0.5) is 5.13 Å². The van der Waals surface area contributed by atoms with Gasteiger partial charge in [0.25, 0.3) is 5.91 Å². The van der Waals surface area contributed by atoms with Gasteiger partial charge < -0.3 is 14.2 Å². The smallest absolute Gasteiger partial charge is 0.264 e. The first-order chi connectivity index (χ1) is 13.0. The highest BCUT2D eigenvalue weighted by molar-refractivity contribution is 7.22. The molecule has 1 heterocycles. The van der Waals surface area contributed by atoms with E-state index in [1.807, 2.05) is 30.3 Å². The number of anilines is 1. The predicted octanol–water partition coefficient (Wildman–Crippen LogP) is 4.45. The quantitative estimate of drug-likeness (QED) is 0.649. The summed E-state index contributed by atoms with van der Waals surface area (Å²) in [6.45, 7) is 4.18. The number of rotatable bonds is 7. The Bertz CT molecular complexity index is 935. The Morgan fingerprint density at radius 1 is 1.11 bits per heavy atom.